The molecule has 0 radical (unpaired) electrons. The van der Waals surface area contributed by atoms with Crippen LogP contribution in [0.3, 0.4) is 0 Å². The summed E-state index contributed by atoms with van der Waals surface area (Å²) in [5.74, 6) is 2.12. The molecule has 1 fully saturated rings. The molecule has 0 bridgehead atoms. The monoisotopic (exact) mass is 433 g/mol. The number of imidazole rings is 1. The summed E-state index contributed by atoms with van der Waals surface area (Å²) in [4.78, 5) is 20.9. The molecule has 1 aliphatic rings. The first-order chi connectivity index (χ1) is 15.0. The molecule has 1 amide bonds. The van der Waals surface area contributed by atoms with E-state index in [0.717, 1.165) is 50.8 Å². The third kappa shape index (κ3) is 3.81. The molecule has 0 spiro atoms. The zero-order chi connectivity index (χ0) is 21.5. The molecular weight excluding hydrogens is 406 g/mol. The number of ether oxygens (including phenoxy) is 1. The van der Waals surface area contributed by atoms with Gasteiger partial charge in [-0.3, -0.25) is 9.20 Å². The molecule has 6 heteroatoms. The molecule has 5 rings (SSSR count). The maximum absolute atomic E-state index is 13.1. The molecule has 3 heterocycles. The second kappa shape index (κ2) is 8.00. The number of hydrogen-bond acceptors (Lipinski definition) is 4. The molecule has 4 aromatic rings. The average Bonchev–Trinajstić information content (AvgIpc) is 3.31. The minimum Gasteiger partial charge on any atom is -0.494 e. The lowest BCUT2D eigenvalue weighted by Crippen LogP contribution is -2.42. The van der Waals surface area contributed by atoms with Crippen LogP contribution in [0.5, 0.6) is 5.75 Å². The third-order valence-electron chi connectivity index (χ3n) is 5.96. The van der Waals surface area contributed by atoms with Gasteiger partial charge in [0.1, 0.15) is 5.75 Å². The van der Waals surface area contributed by atoms with Crippen LogP contribution in [0.2, 0.25) is 0 Å². The number of benzene rings is 2. The van der Waals surface area contributed by atoms with E-state index in [4.69, 9.17) is 9.72 Å². The van der Waals surface area contributed by atoms with Crippen LogP contribution < -0.4 is 4.74 Å². The van der Waals surface area contributed by atoms with Gasteiger partial charge in [-0.2, -0.15) is 0 Å². The molecule has 0 unspecified atom stereocenters. The second-order valence-corrected chi connectivity index (χ2v) is 9.69. The Morgan fingerprint density at radius 3 is 2.58 bits per heavy atom. The predicted molar refractivity (Wildman–Crippen MR) is 126 cm³/mol. The van der Waals surface area contributed by atoms with Crippen LogP contribution in [0.1, 0.15) is 37.6 Å². The number of nitrogens with zero attached hydrogens (tertiary/aromatic N) is 3. The number of rotatable bonds is 4. The molecule has 2 aromatic heterocycles. The number of amides is 1. The Morgan fingerprint density at radius 2 is 1.87 bits per heavy atom. The van der Waals surface area contributed by atoms with Crippen molar-refractivity contribution in [2.75, 3.05) is 19.7 Å². The summed E-state index contributed by atoms with van der Waals surface area (Å²) in [7, 11) is 0. The normalized spacial score (nSPS) is 19.3. The van der Waals surface area contributed by atoms with Crippen molar-refractivity contribution in [3.63, 3.8) is 0 Å². The quantitative estimate of drug-likeness (QED) is 0.413. The minimum absolute atomic E-state index is 0.140. The van der Waals surface area contributed by atoms with Gasteiger partial charge in [-0.1, -0.05) is 25.2 Å². The summed E-state index contributed by atoms with van der Waals surface area (Å²) in [5, 5.41) is 0. The Balaban J connectivity index is 1.43. The van der Waals surface area contributed by atoms with Crippen molar-refractivity contribution in [1.82, 2.24) is 14.3 Å². The van der Waals surface area contributed by atoms with E-state index in [-0.39, 0.29) is 5.91 Å². The fourth-order valence-corrected chi connectivity index (χ4v) is 5.72. The van der Waals surface area contributed by atoms with Gasteiger partial charge in [0.25, 0.3) is 5.91 Å². The number of aromatic nitrogens is 2. The van der Waals surface area contributed by atoms with Crippen LogP contribution in [-0.2, 0) is 0 Å². The molecule has 0 saturated carbocycles. The second-order valence-electron chi connectivity index (χ2n) is 8.68. The van der Waals surface area contributed by atoms with Crippen LogP contribution in [-0.4, -0.2) is 39.9 Å². The number of piperidine rings is 1. The van der Waals surface area contributed by atoms with E-state index in [9.17, 15) is 4.79 Å². The topological polar surface area (TPSA) is 46.8 Å². The molecule has 31 heavy (non-hydrogen) atoms. The molecule has 0 aliphatic carbocycles. The van der Waals surface area contributed by atoms with Gasteiger partial charge in [0, 0.05) is 30.4 Å². The van der Waals surface area contributed by atoms with Gasteiger partial charge in [0.2, 0.25) is 0 Å². The first kappa shape index (κ1) is 20.1. The van der Waals surface area contributed by atoms with Crippen LogP contribution in [0.25, 0.3) is 26.4 Å². The van der Waals surface area contributed by atoms with E-state index < -0.39 is 0 Å². The minimum atomic E-state index is 0.140. The number of likely N-dealkylation sites (tertiary alicyclic amines) is 1. The summed E-state index contributed by atoms with van der Waals surface area (Å²) in [6.45, 7) is 8.80. The van der Waals surface area contributed by atoms with Crippen molar-refractivity contribution < 1.29 is 9.53 Å². The van der Waals surface area contributed by atoms with Crippen molar-refractivity contribution in [3.05, 3.63) is 54.2 Å². The molecule has 2 atom stereocenters. The highest BCUT2D eigenvalue weighted by molar-refractivity contribution is 7.23. The number of fused-ring (bicyclic) bond motifs is 3. The fraction of sp³-hybridized carbons (Fsp3) is 0.360. The van der Waals surface area contributed by atoms with E-state index in [1.165, 1.54) is 6.42 Å². The number of hydrogen-bond donors (Lipinski definition) is 0. The molecule has 160 valence electrons. The highest BCUT2D eigenvalue weighted by Gasteiger charge is 2.26. The van der Waals surface area contributed by atoms with Gasteiger partial charge in [0.15, 0.2) is 4.96 Å². The smallest absolute Gasteiger partial charge is 0.253 e. The number of carbonyl (C=O) groups excluding carboxylic acids is 1. The standard InChI is InChI=1S/C25H27N3O2S/c1-4-30-20-8-5-18(6-9-20)21-15-28-22-10-7-19(12-23(22)31-25(28)26-21)24(29)27-13-16(2)11-17(3)14-27/h5-10,12,15-17H,4,11,13-14H2,1-3H3/t16-,17-/m1/s1. The van der Waals surface area contributed by atoms with Crippen LogP contribution >= 0.6 is 11.3 Å². The number of carbonyl (C=O) groups is 1. The lowest BCUT2D eigenvalue weighted by Gasteiger charge is -2.35. The van der Waals surface area contributed by atoms with Gasteiger partial charge in [-0.05, 0) is 67.6 Å². The first-order valence-corrected chi connectivity index (χ1v) is 11.8. The molecule has 1 aliphatic heterocycles. The van der Waals surface area contributed by atoms with Crippen LogP contribution in [0.15, 0.2) is 48.7 Å². The Bertz CT molecular complexity index is 1230. The van der Waals surface area contributed by atoms with Crippen molar-refractivity contribution in [1.29, 1.82) is 0 Å². The van der Waals surface area contributed by atoms with Crippen LogP contribution in [0.4, 0.5) is 0 Å². The van der Waals surface area contributed by atoms with Crippen molar-refractivity contribution >= 4 is 32.4 Å². The summed E-state index contributed by atoms with van der Waals surface area (Å²) in [5.41, 5.74) is 3.85. The summed E-state index contributed by atoms with van der Waals surface area (Å²) >= 11 is 1.62. The largest absolute Gasteiger partial charge is 0.494 e. The van der Waals surface area contributed by atoms with Gasteiger partial charge < -0.3 is 9.64 Å². The Labute approximate surface area is 186 Å². The predicted octanol–water partition coefficient (Wildman–Crippen LogP) is 5.73. The lowest BCUT2D eigenvalue weighted by molar-refractivity contribution is 0.0623. The average molecular weight is 434 g/mol. The summed E-state index contributed by atoms with van der Waals surface area (Å²) in [6, 6.07) is 14.1. The third-order valence-corrected chi connectivity index (χ3v) is 6.98. The maximum atomic E-state index is 13.1. The van der Waals surface area contributed by atoms with Crippen LogP contribution in [0, 0.1) is 11.8 Å². The molecule has 2 aromatic carbocycles. The SMILES string of the molecule is CCOc1ccc(-c2cn3c(n2)sc2cc(C(=O)N4C[C@H](C)C[C@@H](C)C4)ccc23)cc1. The molecular formula is C25H27N3O2S. The van der Waals surface area contributed by atoms with Crippen molar-refractivity contribution in [3.8, 4) is 17.0 Å². The summed E-state index contributed by atoms with van der Waals surface area (Å²) < 4.78 is 8.73. The van der Waals surface area contributed by atoms with E-state index >= 15 is 0 Å². The Kier molecular flexibility index (Phi) is 5.18. The zero-order valence-electron chi connectivity index (χ0n) is 18.2. The molecule has 5 nitrogen and oxygen atoms in total. The lowest BCUT2D eigenvalue weighted by atomic mass is 9.91. The van der Waals surface area contributed by atoms with E-state index in [1.54, 1.807) is 11.3 Å². The van der Waals surface area contributed by atoms with Crippen molar-refractivity contribution in [2.45, 2.75) is 27.2 Å². The first-order valence-electron chi connectivity index (χ1n) is 11.0. The van der Waals surface area contributed by atoms with E-state index in [0.29, 0.717) is 18.4 Å². The number of thiazole rings is 1. The molecule has 1 saturated heterocycles. The van der Waals surface area contributed by atoms with Crippen molar-refractivity contribution in [2.24, 2.45) is 11.8 Å². The molecule has 0 N–H and O–H groups in total. The zero-order valence-corrected chi connectivity index (χ0v) is 19.0. The Hall–Kier alpha value is -2.86. The Morgan fingerprint density at radius 1 is 1.13 bits per heavy atom. The highest BCUT2D eigenvalue weighted by Crippen LogP contribution is 2.31. The highest BCUT2D eigenvalue weighted by atomic mass is 32.1. The van der Waals surface area contributed by atoms with Gasteiger partial charge in [0.05, 0.1) is 22.5 Å². The fourth-order valence-electron chi connectivity index (χ4n) is 4.67. The van der Waals surface area contributed by atoms with Gasteiger partial charge in [-0.25, -0.2) is 4.98 Å². The van der Waals surface area contributed by atoms with Gasteiger partial charge >= 0.3 is 0 Å². The summed E-state index contributed by atoms with van der Waals surface area (Å²) in [6.07, 6.45) is 3.26. The van der Waals surface area contributed by atoms with Gasteiger partial charge in [-0.15, -0.1) is 0 Å². The van der Waals surface area contributed by atoms with E-state index in [2.05, 4.69) is 24.4 Å². The maximum Gasteiger partial charge on any atom is 0.253 e. The van der Waals surface area contributed by atoms with E-state index in [1.807, 2.05) is 54.3 Å².